The molecule has 0 aromatic carbocycles. The van der Waals surface area contributed by atoms with Gasteiger partial charge in [-0.15, -0.1) is 5.10 Å². The summed E-state index contributed by atoms with van der Waals surface area (Å²) in [4.78, 5) is 29.1. The molecule has 7 nitrogen and oxygen atoms in total. The van der Waals surface area contributed by atoms with Gasteiger partial charge in [-0.3, -0.25) is 9.36 Å². The lowest BCUT2D eigenvalue weighted by atomic mass is 10.5. The monoisotopic (exact) mass is 287 g/mol. The Bertz CT molecular complexity index is 661. The third-order valence-corrected chi connectivity index (χ3v) is 3.58. The fourth-order valence-electron chi connectivity index (χ4n) is 1.33. The lowest BCUT2D eigenvalue weighted by Gasteiger charge is -2.03. The normalized spacial score (nSPS) is 10.8. The number of hydrogen-bond acceptors (Lipinski definition) is 5. The molecule has 9 heteroatoms. The Morgan fingerprint density at radius 3 is 3.00 bits per heavy atom. The zero-order valence-electron chi connectivity index (χ0n) is 9.44. The van der Waals surface area contributed by atoms with E-state index in [1.165, 1.54) is 10.9 Å². The first-order valence-corrected chi connectivity index (χ1v) is 6.39. The molecule has 0 saturated carbocycles. The number of hydrogen-bond donors (Lipinski definition) is 2. The summed E-state index contributed by atoms with van der Waals surface area (Å²) in [5.74, 6) is 0. The van der Waals surface area contributed by atoms with Gasteiger partial charge >= 0.3 is 5.69 Å². The molecule has 2 heterocycles. The van der Waals surface area contributed by atoms with Crippen molar-refractivity contribution in [2.45, 2.75) is 30.1 Å². The number of aromatic nitrogens is 5. The second-order valence-corrected chi connectivity index (χ2v) is 4.75. The minimum Gasteiger partial charge on any atom is -0.312 e. The van der Waals surface area contributed by atoms with E-state index in [0.717, 1.165) is 18.2 Å². The first-order valence-electron chi connectivity index (χ1n) is 5.19. The van der Waals surface area contributed by atoms with Gasteiger partial charge in [-0.25, -0.2) is 14.9 Å². The summed E-state index contributed by atoms with van der Waals surface area (Å²) >= 11 is 6.90. The zero-order chi connectivity index (χ0) is 13.1. The zero-order valence-corrected chi connectivity index (χ0v) is 11.0. The summed E-state index contributed by atoms with van der Waals surface area (Å²) < 4.78 is 1.48. The van der Waals surface area contributed by atoms with Crippen molar-refractivity contribution >= 4 is 23.4 Å². The van der Waals surface area contributed by atoms with Gasteiger partial charge in [0.25, 0.3) is 5.56 Å². The van der Waals surface area contributed by atoms with Crippen molar-refractivity contribution in [2.75, 3.05) is 0 Å². The highest BCUT2D eigenvalue weighted by atomic mass is 35.5. The summed E-state index contributed by atoms with van der Waals surface area (Å²) in [6.07, 6.45) is 2.05. The molecular weight excluding hydrogens is 278 g/mol. The Kier molecular flexibility index (Phi) is 3.87. The van der Waals surface area contributed by atoms with Crippen LogP contribution in [0.25, 0.3) is 0 Å². The van der Waals surface area contributed by atoms with E-state index < -0.39 is 5.56 Å². The summed E-state index contributed by atoms with van der Waals surface area (Å²) in [7, 11) is 0. The molecule has 0 amide bonds. The molecule has 0 radical (unpaired) electrons. The number of halogens is 1. The molecule has 0 bridgehead atoms. The molecule has 0 unspecified atom stereocenters. The fraction of sp³-hybridized carbons (Fsp3) is 0.333. The second kappa shape index (κ2) is 5.40. The molecule has 0 spiro atoms. The second-order valence-electron chi connectivity index (χ2n) is 3.42. The van der Waals surface area contributed by atoms with Crippen LogP contribution in [0.3, 0.4) is 0 Å². The van der Waals surface area contributed by atoms with Gasteiger partial charge in [0, 0.05) is 6.54 Å². The van der Waals surface area contributed by atoms with Crippen LogP contribution in [0.1, 0.15) is 13.3 Å². The van der Waals surface area contributed by atoms with Crippen LogP contribution in [-0.4, -0.2) is 24.7 Å². The van der Waals surface area contributed by atoms with Crippen molar-refractivity contribution in [3.05, 3.63) is 32.2 Å². The molecule has 2 N–H and O–H groups in total. The van der Waals surface area contributed by atoms with Gasteiger partial charge < -0.3 is 4.98 Å². The summed E-state index contributed by atoms with van der Waals surface area (Å²) in [5.41, 5.74) is -0.714. The van der Waals surface area contributed by atoms with Crippen LogP contribution in [0, 0.1) is 0 Å². The highest BCUT2D eigenvalue weighted by Crippen LogP contribution is 2.26. The van der Waals surface area contributed by atoms with E-state index in [1.807, 2.05) is 6.92 Å². The number of aromatic amines is 2. The Morgan fingerprint density at radius 2 is 2.28 bits per heavy atom. The Morgan fingerprint density at radius 1 is 1.50 bits per heavy atom. The van der Waals surface area contributed by atoms with Gasteiger partial charge in [-0.05, 0) is 18.2 Å². The SMILES string of the molecule is CCCn1c(Sc2nc[nH]c(=O)c2Cl)n[nH]c1=O. The van der Waals surface area contributed by atoms with Crippen LogP contribution in [0.15, 0.2) is 26.1 Å². The first kappa shape index (κ1) is 12.9. The third-order valence-electron chi connectivity index (χ3n) is 2.12. The molecule has 0 atom stereocenters. The van der Waals surface area contributed by atoms with Crippen LogP contribution < -0.4 is 11.2 Å². The van der Waals surface area contributed by atoms with Crippen molar-refractivity contribution in [3.63, 3.8) is 0 Å². The molecule has 0 aliphatic rings. The maximum Gasteiger partial charge on any atom is 0.343 e. The van der Waals surface area contributed by atoms with E-state index in [-0.39, 0.29) is 10.7 Å². The van der Waals surface area contributed by atoms with E-state index in [0.29, 0.717) is 16.7 Å². The standard InChI is InChI=1S/C9H10ClN5O2S/c1-2-3-15-8(17)13-14-9(15)18-7-5(10)6(16)11-4-12-7/h4H,2-3H2,1H3,(H,13,17)(H,11,12,16). The number of nitrogens with one attached hydrogen (secondary N) is 2. The first-order chi connectivity index (χ1) is 8.63. The Hall–Kier alpha value is -1.54. The van der Waals surface area contributed by atoms with Crippen LogP contribution in [0.5, 0.6) is 0 Å². The predicted octanol–water partition coefficient (Wildman–Crippen LogP) is 0.869. The van der Waals surface area contributed by atoms with Crippen molar-refractivity contribution in [2.24, 2.45) is 0 Å². The maximum absolute atomic E-state index is 11.5. The van der Waals surface area contributed by atoms with Gasteiger partial charge in [0.1, 0.15) is 10.0 Å². The van der Waals surface area contributed by atoms with Crippen molar-refractivity contribution in [3.8, 4) is 0 Å². The molecule has 0 saturated heterocycles. The highest BCUT2D eigenvalue weighted by molar-refractivity contribution is 7.99. The van der Waals surface area contributed by atoms with Gasteiger partial charge in [0.05, 0.1) is 6.33 Å². The molecule has 18 heavy (non-hydrogen) atoms. The molecule has 96 valence electrons. The summed E-state index contributed by atoms with van der Waals surface area (Å²) in [6.45, 7) is 2.49. The lowest BCUT2D eigenvalue weighted by molar-refractivity contribution is 0.603. The highest BCUT2D eigenvalue weighted by Gasteiger charge is 2.13. The third kappa shape index (κ3) is 2.49. The quantitative estimate of drug-likeness (QED) is 0.813. The predicted molar refractivity (Wildman–Crippen MR) is 67.1 cm³/mol. The van der Waals surface area contributed by atoms with Crippen LogP contribution in [-0.2, 0) is 6.54 Å². The van der Waals surface area contributed by atoms with Gasteiger partial charge in [0.2, 0.25) is 0 Å². The van der Waals surface area contributed by atoms with Gasteiger partial charge in [-0.1, -0.05) is 18.5 Å². The van der Waals surface area contributed by atoms with Crippen molar-refractivity contribution in [1.29, 1.82) is 0 Å². The average molecular weight is 288 g/mol. The van der Waals surface area contributed by atoms with E-state index in [4.69, 9.17) is 11.6 Å². The van der Waals surface area contributed by atoms with Crippen LogP contribution in [0.2, 0.25) is 5.02 Å². The van der Waals surface area contributed by atoms with E-state index >= 15 is 0 Å². The Labute approximate surface area is 111 Å². The molecule has 0 aliphatic heterocycles. The lowest BCUT2D eigenvalue weighted by Crippen LogP contribution is -2.17. The van der Waals surface area contributed by atoms with E-state index in [9.17, 15) is 9.59 Å². The largest absolute Gasteiger partial charge is 0.343 e. The maximum atomic E-state index is 11.5. The van der Waals surface area contributed by atoms with Crippen LogP contribution >= 0.6 is 23.4 Å². The number of nitrogens with zero attached hydrogens (tertiary/aromatic N) is 3. The van der Waals surface area contributed by atoms with Crippen LogP contribution in [0.4, 0.5) is 0 Å². The van der Waals surface area contributed by atoms with Gasteiger partial charge in [-0.2, -0.15) is 0 Å². The topological polar surface area (TPSA) is 96.4 Å². The van der Waals surface area contributed by atoms with E-state index in [1.54, 1.807) is 0 Å². The van der Waals surface area contributed by atoms with Crippen molar-refractivity contribution in [1.82, 2.24) is 24.7 Å². The molecule has 2 aromatic heterocycles. The molecular formula is C9H10ClN5O2S. The molecule has 2 aromatic rings. The minimum absolute atomic E-state index is 0.0130. The molecule has 0 aliphatic carbocycles. The summed E-state index contributed by atoms with van der Waals surface area (Å²) in [6, 6.07) is 0. The number of rotatable bonds is 4. The average Bonchev–Trinajstić information content (AvgIpc) is 2.68. The summed E-state index contributed by atoms with van der Waals surface area (Å²) in [5, 5.41) is 6.97. The Balaban J connectivity index is 2.37. The minimum atomic E-state index is -0.422. The van der Waals surface area contributed by atoms with E-state index in [2.05, 4.69) is 20.2 Å². The molecule has 2 rings (SSSR count). The van der Waals surface area contributed by atoms with Crippen molar-refractivity contribution < 1.29 is 0 Å². The van der Waals surface area contributed by atoms with Gasteiger partial charge in [0.15, 0.2) is 5.16 Å². The molecule has 0 fully saturated rings. The number of H-pyrrole nitrogens is 2. The smallest absolute Gasteiger partial charge is 0.312 e. The fourth-order valence-corrected chi connectivity index (χ4v) is 2.38.